The van der Waals surface area contributed by atoms with Crippen LogP contribution in [0.4, 0.5) is 5.69 Å². The van der Waals surface area contributed by atoms with Crippen molar-refractivity contribution >= 4 is 28.5 Å². The number of anilines is 1. The minimum Gasteiger partial charge on any atom is -0.484 e. The molecule has 180 valence electrons. The topological polar surface area (TPSA) is 76.5 Å². The van der Waals surface area contributed by atoms with Crippen molar-refractivity contribution in [1.29, 1.82) is 0 Å². The third-order valence-electron chi connectivity index (χ3n) is 5.67. The lowest BCUT2D eigenvalue weighted by atomic mass is 10.2. The molecule has 3 aromatic carbocycles. The number of benzene rings is 3. The van der Waals surface area contributed by atoms with Crippen molar-refractivity contribution in [1.82, 2.24) is 14.9 Å². The van der Waals surface area contributed by atoms with Crippen LogP contribution in [-0.2, 0) is 16.1 Å². The molecule has 0 aliphatic heterocycles. The molecule has 0 saturated carbocycles. The smallest absolute Gasteiger partial charge is 0.258 e. The van der Waals surface area contributed by atoms with Gasteiger partial charge in [-0.1, -0.05) is 48.5 Å². The SMILES string of the molecule is CC(NC(=O)COc1ccccc1)c1nc2ccccc2n1CC(=O)N(c1ccccc1)C(C)C. The minimum absolute atomic E-state index is 0.0182. The van der Waals surface area contributed by atoms with Gasteiger partial charge in [-0.25, -0.2) is 4.98 Å². The second-order valence-corrected chi connectivity index (χ2v) is 8.63. The number of rotatable bonds is 9. The zero-order chi connectivity index (χ0) is 24.8. The molecule has 7 nitrogen and oxygen atoms in total. The molecule has 0 aliphatic rings. The number of carbonyl (C=O) groups is 2. The Bertz CT molecular complexity index is 1290. The second-order valence-electron chi connectivity index (χ2n) is 8.63. The van der Waals surface area contributed by atoms with E-state index in [2.05, 4.69) is 5.32 Å². The van der Waals surface area contributed by atoms with E-state index in [0.717, 1.165) is 16.7 Å². The second kappa shape index (κ2) is 10.9. The van der Waals surface area contributed by atoms with Crippen LogP contribution >= 0.6 is 0 Å². The summed E-state index contributed by atoms with van der Waals surface area (Å²) >= 11 is 0. The van der Waals surface area contributed by atoms with Crippen LogP contribution < -0.4 is 15.0 Å². The van der Waals surface area contributed by atoms with Gasteiger partial charge in [-0.05, 0) is 57.2 Å². The standard InChI is InChI=1S/C28H30N4O3/c1-20(2)32(22-12-6-4-7-13-22)27(34)18-31-25-17-11-10-16-24(25)30-28(31)21(3)29-26(33)19-35-23-14-8-5-9-15-23/h4-17,20-21H,18-19H2,1-3H3,(H,29,33). The van der Waals surface area contributed by atoms with E-state index in [9.17, 15) is 9.59 Å². The summed E-state index contributed by atoms with van der Waals surface area (Å²) < 4.78 is 7.45. The molecule has 1 aromatic heterocycles. The van der Waals surface area contributed by atoms with E-state index < -0.39 is 6.04 Å². The number of nitrogens with one attached hydrogen (secondary N) is 1. The number of amides is 2. The van der Waals surface area contributed by atoms with Crippen molar-refractivity contribution < 1.29 is 14.3 Å². The fraction of sp³-hybridized carbons (Fsp3) is 0.250. The van der Waals surface area contributed by atoms with E-state index in [1.165, 1.54) is 0 Å². The predicted molar refractivity (Wildman–Crippen MR) is 137 cm³/mol. The van der Waals surface area contributed by atoms with Gasteiger partial charge >= 0.3 is 0 Å². The fourth-order valence-corrected chi connectivity index (χ4v) is 4.13. The molecule has 1 atom stereocenters. The van der Waals surface area contributed by atoms with E-state index in [4.69, 9.17) is 9.72 Å². The third-order valence-corrected chi connectivity index (χ3v) is 5.67. The zero-order valence-corrected chi connectivity index (χ0v) is 20.2. The van der Waals surface area contributed by atoms with Crippen molar-refractivity contribution in [3.8, 4) is 5.75 Å². The molecule has 4 aromatic rings. The molecule has 0 spiro atoms. The van der Waals surface area contributed by atoms with Gasteiger partial charge in [-0.3, -0.25) is 9.59 Å². The zero-order valence-electron chi connectivity index (χ0n) is 20.2. The van der Waals surface area contributed by atoms with Gasteiger partial charge < -0.3 is 19.5 Å². The lowest BCUT2D eigenvalue weighted by molar-refractivity contribution is -0.123. The molecule has 4 rings (SSSR count). The average molecular weight is 471 g/mol. The molecular formula is C28H30N4O3. The number of aromatic nitrogens is 2. The predicted octanol–water partition coefficient (Wildman–Crippen LogP) is 4.73. The summed E-state index contributed by atoms with van der Waals surface area (Å²) in [5.41, 5.74) is 2.46. The fourth-order valence-electron chi connectivity index (χ4n) is 4.13. The van der Waals surface area contributed by atoms with Crippen LogP contribution in [0.25, 0.3) is 11.0 Å². The summed E-state index contributed by atoms with van der Waals surface area (Å²) in [6, 6.07) is 26.1. The first-order valence-electron chi connectivity index (χ1n) is 11.7. The van der Waals surface area contributed by atoms with Crippen LogP contribution in [0, 0.1) is 0 Å². The summed E-state index contributed by atoms with van der Waals surface area (Å²) in [4.78, 5) is 32.6. The Morgan fingerprint density at radius 3 is 2.23 bits per heavy atom. The molecule has 0 bridgehead atoms. The summed E-state index contributed by atoms with van der Waals surface area (Å²) in [6.07, 6.45) is 0. The monoisotopic (exact) mass is 470 g/mol. The molecular weight excluding hydrogens is 440 g/mol. The van der Waals surface area contributed by atoms with Crippen LogP contribution in [0.15, 0.2) is 84.9 Å². The van der Waals surface area contributed by atoms with E-state index in [1.807, 2.05) is 98.1 Å². The van der Waals surface area contributed by atoms with Crippen LogP contribution in [-0.4, -0.2) is 34.0 Å². The number of fused-ring (bicyclic) bond motifs is 1. The van der Waals surface area contributed by atoms with Crippen molar-refractivity contribution in [2.24, 2.45) is 0 Å². The van der Waals surface area contributed by atoms with Gasteiger partial charge in [0.05, 0.1) is 17.1 Å². The number of imidazole rings is 1. The lowest BCUT2D eigenvalue weighted by Crippen LogP contribution is -2.40. The minimum atomic E-state index is -0.425. The van der Waals surface area contributed by atoms with E-state index in [-0.39, 0.29) is 31.0 Å². The average Bonchev–Trinajstić information content (AvgIpc) is 3.22. The Balaban J connectivity index is 1.55. The van der Waals surface area contributed by atoms with Gasteiger partial charge in [0.2, 0.25) is 5.91 Å². The largest absolute Gasteiger partial charge is 0.484 e. The van der Waals surface area contributed by atoms with Crippen LogP contribution in [0.5, 0.6) is 5.75 Å². The van der Waals surface area contributed by atoms with Gasteiger partial charge in [0.1, 0.15) is 18.1 Å². The number of carbonyl (C=O) groups excluding carboxylic acids is 2. The normalized spacial score (nSPS) is 11.9. The maximum Gasteiger partial charge on any atom is 0.258 e. The number of hydrogen-bond acceptors (Lipinski definition) is 4. The summed E-state index contributed by atoms with van der Waals surface area (Å²) in [5, 5.41) is 2.95. The van der Waals surface area contributed by atoms with Gasteiger partial charge in [-0.2, -0.15) is 0 Å². The van der Waals surface area contributed by atoms with E-state index >= 15 is 0 Å². The summed E-state index contributed by atoms with van der Waals surface area (Å²) in [5.74, 6) is 0.924. The Morgan fingerprint density at radius 2 is 1.54 bits per heavy atom. The first-order valence-corrected chi connectivity index (χ1v) is 11.7. The maximum absolute atomic E-state index is 13.5. The highest BCUT2D eigenvalue weighted by molar-refractivity contribution is 5.94. The molecule has 1 unspecified atom stereocenters. The van der Waals surface area contributed by atoms with Crippen molar-refractivity contribution in [2.45, 2.75) is 39.4 Å². The molecule has 7 heteroatoms. The van der Waals surface area contributed by atoms with Gasteiger partial charge in [0, 0.05) is 11.7 Å². The lowest BCUT2D eigenvalue weighted by Gasteiger charge is -2.28. The highest BCUT2D eigenvalue weighted by atomic mass is 16.5. The first kappa shape index (κ1) is 24.0. The van der Waals surface area contributed by atoms with Gasteiger partial charge in [0.15, 0.2) is 6.61 Å². The molecule has 0 aliphatic carbocycles. The van der Waals surface area contributed by atoms with Crippen molar-refractivity contribution in [2.75, 3.05) is 11.5 Å². The van der Waals surface area contributed by atoms with Crippen LogP contribution in [0.3, 0.4) is 0 Å². The molecule has 2 amide bonds. The van der Waals surface area contributed by atoms with Crippen molar-refractivity contribution in [3.05, 3.63) is 90.8 Å². The Kier molecular flexibility index (Phi) is 7.45. The molecule has 35 heavy (non-hydrogen) atoms. The first-order chi connectivity index (χ1) is 16.9. The van der Waals surface area contributed by atoms with Crippen LogP contribution in [0.1, 0.15) is 32.6 Å². The summed E-state index contributed by atoms with van der Waals surface area (Å²) in [6.45, 7) is 5.84. The van der Waals surface area contributed by atoms with E-state index in [0.29, 0.717) is 11.6 Å². The molecule has 0 saturated heterocycles. The van der Waals surface area contributed by atoms with E-state index in [1.54, 1.807) is 17.0 Å². The molecule has 1 N–H and O–H groups in total. The number of ether oxygens (including phenoxy) is 1. The molecule has 1 heterocycles. The Hall–Kier alpha value is -4.13. The Labute approximate surface area is 205 Å². The Morgan fingerprint density at radius 1 is 0.914 bits per heavy atom. The number of hydrogen-bond donors (Lipinski definition) is 1. The number of para-hydroxylation sites is 4. The van der Waals surface area contributed by atoms with Crippen molar-refractivity contribution in [3.63, 3.8) is 0 Å². The summed E-state index contributed by atoms with van der Waals surface area (Å²) in [7, 11) is 0. The highest BCUT2D eigenvalue weighted by Crippen LogP contribution is 2.23. The third kappa shape index (κ3) is 5.69. The molecule has 0 radical (unpaired) electrons. The van der Waals surface area contributed by atoms with Gasteiger partial charge in [-0.15, -0.1) is 0 Å². The number of nitrogens with zero attached hydrogens (tertiary/aromatic N) is 3. The van der Waals surface area contributed by atoms with Gasteiger partial charge in [0.25, 0.3) is 5.91 Å². The maximum atomic E-state index is 13.5. The molecule has 0 fully saturated rings. The van der Waals surface area contributed by atoms with Crippen LogP contribution in [0.2, 0.25) is 0 Å². The quantitative estimate of drug-likeness (QED) is 0.384. The highest BCUT2D eigenvalue weighted by Gasteiger charge is 2.24.